The van der Waals surface area contributed by atoms with Gasteiger partial charge >= 0.3 is 0 Å². The van der Waals surface area contributed by atoms with Crippen molar-refractivity contribution in [2.24, 2.45) is 0 Å². The molecule has 0 saturated carbocycles. The zero-order valence-corrected chi connectivity index (χ0v) is 18.6. The van der Waals surface area contributed by atoms with E-state index >= 15 is 0 Å². The average molecular weight is 381 g/mol. The molecule has 0 unspecified atom stereocenters. The van der Waals surface area contributed by atoms with Crippen molar-refractivity contribution in [2.75, 3.05) is 0 Å². The fourth-order valence-corrected chi connectivity index (χ4v) is 4.34. The summed E-state index contributed by atoms with van der Waals surface area (Å²) >= 11 is 0. The molecular weight excluding hydrogens is 340 g/mol. The monoisotopic (exact) mass is 380 g/mol. The Bertz CT molecular complexity index is 700. The van der Waals surface area contributed by atoms with E-state index < -0.39 is 0 Å². The zero-order chi connectivity index (χ0) is 20.4. The number of phenols is 1. The smallest absolute Gasteiger partial charge is 0.119 e. The van der Waals surface area contributed by atoms with E-state index in [4.69, 9.17) is 0 Å². The predicted molar refractivity (Wildman–Crippen MR) is 122 cm³/mol. The molecule has 2 rings (SSSR count). The number of aromatic hydroxyl groups is 1. The van der Waals surface area contributed by atoms with Gasteiger partial charge in [0.15, 0.2) is 0 Å². The molecule has 2 aromatic carbocycles. The molecule has 0 amide bonds. The Morgan fingerprint density at radius 1 is 0.714 bits per heavy atom. The van der Waals surface area contributed by atoms with Crippen molar-refractivity contribution in [3.8, 4) is 5.75 Å². The molecule has 2 aromatic rings. The van der Waals surface area contributed by atoms with Gasteiger partial charge in [-0.1, -0.05) is 103 Å². The first-order chi connectivity index (χ1) is 13.5. The van der Waals surface area contributed by atoms with Gasteiger partial charge in [0.05, 0.1) is 0 Å². The quantitative estimate of drug-likeness (QED) is 0.370. The van der Waals surface area contributed by atoms with Crippen LogP contribution in [-0.2, 0) is 18.3 Å². The molecule has 1 N–H and O–H groups in total. The fraction of sp³-hybridized carbons (Fsp3) is 0.556. The number of hydrogen-bond donors (Lipinski definition) is 1. The van der Waals surface area contributed by atoms with Gasteiger partial charge in [0.1, 0.15) is 5.75 Å². The Balaban J connectivity index is 2.34. The number of aryl methyl sites for hydroxylation is 1. The van der Waals surface area contributed by atoms with E-state index in [1.54, 1.807) is 0 Å². The molecule has 1 heteroatoms. The Hall–Kier alpha value is -1.76. The summed E-state index contributed by atoms with van der Waals surface area (Å²) in [5, 5.41) is 10.9. The molecule has 0 fully saturated rings. The second-order valence-electron chi connectivity index (χ2n) is 8.71. The molecule has 0 aliphatic heterocycles. The van der Waals surface area contributed by atoms with E-state index in [9.17, 15) is 5.11 Å². The Kier molecular flexibility index (Phi) is 9.09. The van der Waals surface area contributed by atoms with Gasteiger partial charge < -0.3 is 5.11 Å². The first kappa shape index (κ1) is 22.5. The third-order valence-electron chi connectivity index (χ3n) is 6.09. The lowest BCUT2D eigenvalue weighted by atomic mass is 9.73. The van der Waals surface area contributed by atoms with Gasteiger partial charge in [0, 0.05) is 11.0 Å². The van der Waals surface area contributed by atoms with Gasteiger partial charge in [-0.2, -0.15) is 0 Å². The molecule has 0 aliphatic carbocycles. The molecule has 0 radical (unpaired) electrons. The summed E-state index contributed by atoms with van der Waals surface area (Å²) in [4.78, 5) is 0. The predicted octanol–water partition coefficient (Wildman–Crippen LogP) is 7.96. The maximum atomic E-state index is 10.9. The van der Waals surface area contributed by atoms with Crippen molar-refractivity contribution in [1.29, 1.82) is 0 Å². The number of hydrogen-bond acceptors (Lipinski definition) is 1. The summed E-state index contributed by atoms with van der Waals surface area (Å²) in [6, 6.07) is 14.7. The van der Waals surface area contributed by atoms with Gasteiger partial charge in [-0.25, -0.2) is 0 Å². The second kappa shape index (κ2) is 11.3. The average Bonchev–Trinajstić information content (AvgIpc) is 2.70. The van der Waals surface area contributed by atoms with Crippen molar-refractivity contribution >= 4 is 0 Å². The van der Waals surface area contributed by atoms with Crippen LogP contribution in [0, 0.1) is 0 Å². The van der Waals surface area contributed by atoms with E-state index in [2.05, 4.69) is 64.1 Å². The normalized spacial score (nSPS) is 11.7. The molecule has 0 saturated heterocycles. The molecule has 0 heterocycles. The van der Waals surface area contributed by atoms with Gasteiger partial charge in [-0.3, -0.25) is 0 Å². The Morgan fingerprint density at radius 3 is 2.04 bits per heavy atom. The first-order valence-electron chi connectivity index (χ1n) is 11.4. The minimum atomic E-state index is -0.203. The Labute approximate surface area is 173 Å². The summed E-state index contributed by atoms with van der Waals surface area (Å²) in [6.45, 7) is 9.03. The molecule has 0 bridgehead atoms. The highest BCUT2D eigenvalue weighted by Crippen LogP contribution is 2.41. The summed E-state index contributed by atoms with van der Waals surface area (Å²) < 4.78 is 0. The van der Waals surface area contributed by atoms with Crippen molar-refractivity contribution in [1.82, 2.24) is 0 Å². The summed E-state index contributed by atoms with van der Waals surface area (Å²) in [7, 11) is 0. The SMILES string of the molecule is CCCCCCCCc1c(CCCC)ccc(O)c1C(C)(C)c1ccccc1. The van der Waals surface area contributed by atoms with Gasteiger partial charge in [-0.05, 0) is 48.4 Å². The van der Waals surface area contributed by atoms with Crippen molar-refractivity contribution < 1.29 is 5.11 Å². The van der Waals surface area contributed by atoms with Crippen LogP contribution in [0.2, 0.25) is 0 Å². The lowest BCUT2D eigenvalue weighted by molar-refractivity contribution is 0.449. The minimum absolute atomic E-state index is 0.203. The summed E-state index contributed by atoms with van der Waals surface area (Å²) in [5.74, 6) is 0.454. The van der Waals surface area contributed by atoms with Crippen LogP contribution in [0.1, 0.15) is 101 Å². The maximum absolute atomic E-state index is 10.9. The first-order valence-corrected chi connectivity index (χ1v) is 11.4. The highest BCUT2D eigenvalue weighted by Gasteiger charge is 2.29. The third-order valence-corrected chi connectivity index (χ3v) is 6.09. The minimum Gasteiger partial charge on any atom is -0.508 e. The molecule has 1 nitrogen and oxygen atoms in total. The van der Waals surface area contributed by atoms with Crippen LogP contribution in [0.15, 0.2) is 42.5 Å². The molecular formula is C27H40O. The number of unbranched alkanes of at least 4 members (excludes halogenated alkanes) is 6. The lowest BCUT2D eigenvalue weighted by Gasteiger charge is -2.31. The lowest BCUT2D eigenvalue weighted by Crippen LogP contribution is -2.22. The van der Waals surface area contributed by atoms with E-state index in [0.29, 0.717) is 5.75 Å². The Morgan fingerprint density at radius 2 is 1.36 bits per heavy atom. The van der Waals surface area contributed by atoms with Crippen LogP contribution in [0.25, 0.3) is 0 Å². The van der Waals surface area contributed by atoms with Crippen LogP contribution in [0.4, 0.5) is 0 Å². The molecule has 0 spiro atoms. The van der Waals surface area contributed by atoms with Crippen LogP contribution in [0.3, 0.4) is 0 Å². The van der Waals surface area contributed by atoms with Crippen LogP contribution < -0.4 is 0 Å². The molecule has 154 valence electrons. The topological polar surface area (TPSA) is 20.2 Å². The fourth-order valence-electron chi connectivity index (χ4n) is 4.34. The van der Waals surface area contributed by atoms with Gasteiger partial charge in [-0.15, -0.1) is 0 Å². The van der Waals surface area contributed by atoms with Gasteiger partial charge in [0.2, 0.25) is 0 Å². The third kappa shape index (κ3) is 5.87. The second-order valence-corrected chi connectivity index (χ2v) is 8.71. The van der Waals surface area contributed by atoms with Crippen molar-refractivity contribution in [3.63, 3.8) is 0 Å². The molecule has 28 heavy (non-hydrogen) atoms. The number of phenolic OH excluding ortho intramolecular Hbond substituents is 1. The van der Waals surface area contributed by atoms with Crippen molar-refractivity contribution in [2.45, 2.75) is 97.3 Å². The van der Waals surface area contributed by atoms with Gasteiger partial charge in [0.25, 0.3) is 0 Å². The van der Waals surface area contributed by atoms with Crippen LogP contribution in [-0.4, -0.2) is 5.11 Å². The highest BCUT2D eigenvalue weighted by molar-refractivity contribution is 5.53. The van der Waals surface area contributed by atoms with Crippen LogP contribution >= 0.6 is 0 Å². The van der Waals surface area contributed by atoms with E-state index in [1.165, 1.54) is 68.1 Å². The zero-order valence-electron chi connectivity index (χ0n) is 18.6. The summed E-state index contributed by atoms with van der Waals surface area (Å²) in [6.07, 6.45) is 12.4. The maximum Gasteiger partial charge on any atom is 0.119 e. The largest absolute Gasteiger partial charge is 0.508 e. The van der Waals surface area contributed by atoms with E-state index in [-0.39, 0.29) is 5.41 Å². The molecule has 0 aromatic heterocycles. The number of rotatable bonds is 12. The van der Waals surface area contributed by atoms with Crippen LogP contribution in [0.5, 0.6) is 5.75 Å². The molecule has 0 atom stereocenters. The van der Waals surface area contributed by atoms with Crippen molar-refractivity contribution in [3.05, 3.63) is 64.7 Å². The van der Waals surface area contributed by atoms with E-state index in [0.717, 1.165) is 18.4 Å². The van der Waals surface area contributed by atoms with E-state index in [1.807, 2.05) is 6.07 Å². The number of benzene rings is 2. The molecule has 0 aliphatic rings. The summed E-state index contributed by atoms with van der Waals surface area (Å²) in [5.41, 5.74) is 5.04. The standard InChI is InChI=1S/C27H40O/c1-5-7-9-10-11-15-19-24-22(16-8-6-2)20-21-25(28)26(24)27(3,4)23-17-13-12-14-18-23/h12-14,17-18,20-21,28H,5-11,15-16,19H2,1-4H3. The highest BCUT2D eigenvalue weighted by atomic mass is 16.3.